The van der Waals surface area contributed by atoms with Gasteiger partial charge in [0.25, 0.3) is 0 Å². The molecule has 0 rings (SSSR count). The van der Waals surface area contributed by atoms with Gasteiger partial charge in [-0.2, -0.15) is 0 Å². The van der Waals surface area contributed by atoms with Crippen molar-refractivity contribution in [2.45, 2.75) is 111 Å². The summed E-state index contributed by atoms with van der Waals surface area (Å²) in [4.78, 5) is 0. The van der Waals surface area contributed by atoms with Crippen LogP contribution in [0.4, 0.5) is 0 Å². The quantitative estimate of drug-likeness (QED) is 0.454. The second-order valence-electron chi connectivity index (χ2n) is 6.33. The average molecular weight is 271 g/mol. The molecule has 0 heterocycles. The van der Waals surface area contributed by atoms with E-state index in [9.17, 15) is 5.11 Å². The lowest BCUT2D eigenvalue weighted by molar-refractivity contribution is -0.110. The van der Waals surface area contributed by atoms with E-state index in [1.165, 1.54) is 32.1 Å². The molecule has 0 aliphatic carbocycles. The fourth-order valence-corrected chi connectivity index (χ4v) is 3.60. The zero-order valence-corrected chi connectivity index (χ0v) is 14.2. The Kier molecular flexibility index (Phi) is 9.78. The SMILES string of the molecule is CCCCC(O)(CCCC)C(CC)(CC)CCCC. The maximum atomic E-state index is 11.4. The summed E-state index contributed by atoms with van der Waals surface area (Å²) < 4.78 is 0. The predicted molar refractivity (Wildman–Crippen MR) is 86.5 cm³/mol. The summed E-state index contributed by atoms with van der Waals surface area (Å²) in [7, 11) is 0. The number of aliphatic hydroxyl groups is 1. The number of hydrogen-bond donors (Lipinski definition) is 1. The highest BCUT2D eigenvalue weighted by Gasteiger charge is 2.45. The van der Waals surface area contributed by atoms with Crippen molar-refractivity contribution in [1.82, 2.24) is 0 Å². The molecule has 0 aliphatic rings. The van der Waals surface area contributed by atoms with Crippen LogP contribution in [0.15, 0.2) is 0 Å². The largest absolute Gasteiger partial charge is 0.389 e. The Labute approximate surface area is 122 Å². The van der Waals surface area contributed by atoms with Crippen molar-refractivity contribution in [1.29, 1.82) is 0 Å². The minimum atomic E-state index is -0.433. The van der Waals surface area contributed by atoms with Crippen molar-refractivity contribution < 1.29 is 5.11 Å². The van der Waals surface area contributed by atoms with Crippen LogP contribution in [0, 0.1) is 5.41 Å². The van der Waals surface area contributed by atoms with Gasteiger partial charge in [-0.25, -0.2) is 0 Å². The lowest BCUT2D eigenvalue weighted by atomic mass is 9.61. The Morgan fingerprint density at radius 1 is 0.632 bits per heavy atom. The van der Waals surface area contributed by atoms with Crippen molar-refractivity contribution >= 4 is 0 Å². The standard InChI is InChI=1S/C18H38O/c1-6-11-14-17(9-4,10-5)18(19,15-12-7-2)16-13-8-3/h19H,6-16H2,1-5H3. The van der Waals surface area contributed by atoms with Gasteiger partial charge >= 0.3 is 0 Å². The monoisotopic (exact) mass is 270 g/mol. The van der Waals surface area contributed by atoms with E-state index in [1.807, 2.05) is 0 Å². The van der Waals surface area contributed by atoms with E-state index >= 15 is 0 Å². The molecule has 0 radical (unpaired) electrons. The third-order valence-corrected chi connectivity index (χ3v) is 5.24. The molecule has 0 spiro atoms. The molecule has 0 atom stereocenters. The highest BCUT2D eigenvalue weighted by Crippen LogP contribution is 2.48. The molecule has 0 aromatic carbocycles. The van der Waals surface area contributed by atoms with Crippen molar-refractivity contribution in [3.8, 4) is 0 Å². The first-order valence-corrected chi connectivity index (χ1v) is 8.78. The zero-order valence-electron chi connectivity index (χ0n) is 14.2. The maximum Gasteiger partial charge on any atom is 0.0703 e. The van der Waals surface area contributed by atoms with Crippen LogP contribution in [-0.4, -0.2) is 10.7 Å². The summed E-state index contributed by atoms with van der Waals surface area (Å²) in [6.45, 7) is 11.3. The van der Waals surface area contributed by atoms with Crippen LogP contribution in [0.5, 0.6) is 0 Å². The van der Waals surface area contributed by atoms with E-state index in [0.29, 0.717) is 0 Å². The molecule has 1 N–H and O–H groups in total. The molecule has 0 aromatic rings. The highest BCUT2D eigenvalue weighted by molar-refractivity contribution is 4.97. The fraction of sp³-hybridized carbons (Fsp3) is 1.00. The molecule has 0 saturated heterocycles. The molecule has 0 aliphatic heterocycles. The average Bonchev–Trinajstić information content (AvgIpc) is 2.44. The van der Waals surface area contributed by atoms with Crippen LogP contribution in [0.1, 0.15) is 105 Å². The molecular weight excluding hydrogens is 232 g/mol. The van der Waals surface area contributed by atoms with Gasteiger partial charge in [0, 0.05) is 0 Å². The Morgan fingerprint density at radius 3 is 1.32 bits per heavy atom. The van der Waals surface area contributed by atoms with Crippen LogP contribution in [-0.2, 0) is 0 Å². The first-order valence-electron chi connectivity index (χ1n) is 8.78. The van der Waals surface area contributed by atoms with E-state index in [2.05, 4.69) is 34.6 Å². The molecule has 0 saturated carbocycles. The topological polar surface area (TPSA) is 20.2 Å². The van der Waals surface area contributed by atoms with Crippen LogP contribution in [0.3, 0.4) is 0 Å². The Bertz CT molecular complexity index is 198. The van der Waals surface area contributed by atoms with E-state index < -0.39 is 5.60 Å². The van der Waals surface area contributed by atoms with E-state index in [4.69, 9.17) is 0 Å². The fourth-order valence-electron chi connectivity index (χ4n) is 3.60. The van der Waals surface area contributed by atoms with Gasteiger partial charge in [0.15, 0.2) is 0 Å². The Balaban J connectivity index is 5.08. The summed E-state index contributed by atoms with van der Waals surface area (Å²) in [5, 5.41) is 11.4. The summed E-state index contributed by atoms with van der Waals surface area (Å²) in [6, 6.07) is 0. The second kappa shape index (κ2) is 9.80. The number of rotatable bonds is 12. The van der Waals surface area contributed by atoms with Crippen LogP contribution < -0.4 is 0 Å². The summed E-state index contributed by atoms with van der Waals surface area (Å²) in [5.41, 5.74) is -0.287. The molecule has 116 valence electrons. The molecular formula is C18H38O. The van der Waals surface area contributed by atoms with Gasteiger partial charge in [0.1, 0.15) is 0 Å². The Morgan fingerprint density at radius 2 is 1.00 bits per heavy atom. The molecule has 1 heteroatoms. The van der Waals surface area contributed by atoms with E-state index in [-0.39, 0.29) is 5.41 Å². The first-order chi connectivity index (χ1) is 9.05. The molecule has 1 nitrogen and oxygen atoms in total. The maximum absolute atomic E-state index is 11.4. The number of hydrogen-bond acceptors (Lipinski definition) is 1. The molecule has 0 unspecified atom stereocenters. The summed E-state index contributed by atoms with van der Waals surface area (Å²) >= 11 is 0. The van der Waals surface area contributed by atoms with E-state index in [1.54, 1.807) is 0 Å². The van der Waals surface area contributed by atoms with Gasteiger partial charge in [-0.3, -0.25) is 0 Å². The van der Waals surface area contributed by atoms with Gasteiger partial charge < -0.3 is 5.11 Å². The third-order valence-electron chi connectivity index (χ3n) is 5.24. The summed E-state index contributed by atoms with van der Waals surface area (Å²) in [5.74, 6) is 0. The van der Waals surface area contributed by atoms with Crippen LogP contribution >= 0.6 is 0 Å². The van der Waals surface area contributed by atoms with Crippen molar-refractivity contribution in [3.63, 3.8) is 0 Å². The van der Waals surface area contributed by atoms with Crippen molar-refractivity contribution in [2.24, 2.45) is 5.41 Å². The minimum absolute atomic E-state index is 0.146. The Hall–Kier alpha value is -0.0400. The smallest absolute Gasteiger partial charge is 0.0703 e. The third kappa shape index (κ3) is 5.10. The lowest BCUT2D eigenvalue weighted by Crippen LogP contribution is -2.48. The minimum Gasteiger partial charge on any atom is -0.389 e. The second-order valence-corrected chi connectivity index (χ2v) is 6.33. The number of unbranched alkanes of at least 4 members (excludes halogenated alkanes) is 3. The van der Waals surface area contributed by atoms with Gasteiger partial charge in [-0.05, 0) is 37.5 Å². The zero-order chi connectivity index (χ0) is 14.8. The van der Waals surface area contributed by atoms with Gasteiger partial charge in [0.2, 0.25) is 0 Å². The normalized spacial score (nSPS) is 12.9. The van der Waals surface area contributed by atoms with Crippen LogP contribution in [0.25, 0.3) is 0 Å². The first kappa shape index (κ1) is 19.0. The molecule has 0 aromatic heterocycles. The molecule has 0 bridgehead atoms. The van der Waals surface area contributed by atoms with Gasteiger partial charge in [0.05, 0.1) is 5.60 Å². The predicted octanol–water partition coefficient (Wildman–Crippen LogP) is 6.09. The summed E-state index contributed by atoms with van der Waals surface area (Å²) in [6.07, 6.45) is 12.6. The van der Waals surface area contributed by atoms with Crippen molar-refractivity contribution in [2.75, 3.05) is 0 Å². The van der Waals surface area contributed by atoms with Crippen molar-refractivity contribution in [3.05, 3.63) is 0 Å². The van der Waals surface area contributed by atoms with Gasteiger partial charge in [-0.15, -0.1) is 0 Å². The van der Waals surface area contributed by atoms with Crippen LogP contribution in [0.2, 0.25) is 0 Å². The molecule has 0 fully saturated rings. The lowest BCUT2D eigenvalue weighted by Gasteiger charge is -2.48. The van der Waals surface area contributed by atoms with Gasteiger partial charge in [-0.1, -0.05) is 73.1 Å². The molecule has 0 amide bonds. The molecule has 19 heavy (non-hydrogen) atoms. The van der Waals surface area contributed by atoms with E-state index in [0.717, 1.165) is 38.5 Å². The highest BCUT2D eigenvalue weighted by atomic mass is 16.3.